The van der Waals surface area contributed by atoms with Gasteiger partial charge in [0.05, 0.1) is 22.1 Å². The van der Waals surface area contributed by atoms with Crippen molar-refractivity contribution in [1.82, 2.24) is 9.13 Å². The van der Waals surface area contributed by atoms with Gasteiger partial charge in [0.2, 0.25) is 0 Å². The SMILES string of the molecule is c1ccc(-c2cc(-c3ccccc3)cc(-n3c4ccc(-c5ccccc5)cc4c4c5c6ccccc6n(-c6ccccc6)c5ccc43)c2)cc1. The molecule has 0 radical (unpaired) electrons. The molecule has 2 nitrogen and oxygen atoms in total. The molecule has 50 heavy (non-hydrogen) atoms. The fourth-order valence-electron chi connectivity index (χ4n) is 7.85. The molecule has 2 aromatic heterocycles. The van der Waals surface area contributed by atoms with Gasteiger partial charge in [0, 0.05) is 32.9 Å². The molecule has 8 aromatic carbocycles. The van der Waals surface area contributed by atoms with Crippen molar-refractivity contribution in [2.45, 2.75) is 0 Å². The van der Waals surface area contributed by atoms with Gasteiger partial charge >= 0.3 is 0 Å². The molecule has 0 bridgehead atoms. The summed E-state index contributed by atoms with van der Waals surface area (Å²) >= 11 is 0. The van der Waals surface area contributed by atoms with Gasteiger partial charge in [-0.3, -0.25) is 0 Å². The summed E-state index contributed by atoms with van der Waals surface area (Å²) in [6.45, 7) is 0. The molecule has 0 fully saturated rings. The van der Waals surface area contributed by atoms with E-state index >= 15 is 0 Å². The van der Waals surface area contributed by atoms with E-state index in [1.807, 2.05) is 0 Å². The minimum atomic E-state index is 1.14. The first-order valence-electron chi connectivity index (χ1n) is 17.2. The van der Waals surface area contributed by atoms with Crippen molar-refractivity contribution in [3.8, 4) is 44.8 Å². The van der Waals surface area contributed by atoms with Gasteiger partial charge in [0.15, 0.2) is 0 Å². The summed E-state index contributed by atoms with van der Waals surface area (Å²) in [6.07, 6.45) is 0. The molecular formula is C48H32N2. The lowest BCUT2D eigenvalue weighted by Crippen LogP contribution is -1.96. The molecule has 0 saturated carbocycles. The van der Waals surface area contributed by atoms with Gasteiger partial charge in [-0.15, -0.1) is 0 Å². The second kappa shape index (κ2) is 11.5. The van der Waals surface area contributed by atoms with Crippen LogP contribution in [0.2, 0.25) is 0 Å². The number of aromatic nitrogens is 2. The van der Waals surface area contributed by atoms with Crippen LogP contribution in [0.25, 0.3) is 88.4 Å². The number of hydrogen-bond acceptors (Lipinski definition) is 0. The number of benzene rings is 8. The maximum atomic E-state index is 2.48. The van der Waals surface area contributed by atoms with E-state index in [1.165, 1.54) is 77.0 Å². The van der Waals surface area contributed by atoms with Crippen LogP contribution in [0.3, 0.4) is 0 Å². The minimum absolute atomic E-state index is 1.14. The second-order valence-electron chi connectivity index (χ2n) is 13.0. The molecule has 234 valence electrons. The summed E-state index contributed by atoms with van der Waals surface area (Å²) < 4.78 is 4.89. The summed E-state index contributed by atoms with van der Waals surface area (Å²) in [5.41, 5.74) is 14.3. The van der Waals surface area contributed by atoms with Crippen LogP contribution in [0.4, 0.5) is 0 Å². The van der Waals surface area contributed by atoms with Crippen molar-refractivity contribution in [3.05, 3.63) is 194 Å². The highest BCUT2D eigenvalue weighted by atomic mass is 15.0. The number of fused-ring (bicyclic) bond motifs is 7. The zero-order valence-electron chi connectivity index (χ0n) is 27.4. The molecule has 0 aliphatic rings. The van der Waals surface area contributed by atoms with Gasteiger partial charge in [0.1, 0.15) is 0 Å². The van der Waals surface area contributed by atoms with Crippen LogP contribution in [0.15, 0.2) is 194 Å². The average molecular weight is 637 g/mol. The second-order valence-corrected chi connectivity index (χ2v) is 13.0. The number of hydrogen-bond donors (Lipinski definition) is 0. The molecule has 0 amide bonds. The van der Waals surface area contributed by atoms with E-state index in [4.69, 9.17) is 0 Å². The van der Waals surface area contributed by atoms with Crippen molar-refractivity contribution in [3.63, 3.8) is 0 Å². The van der Waals surface area contributed by atoms with E-state index < -0.39 is 0 Å². The van der Waals surface area contributed by atoms with Crippen molar-refractivity contribution in [1.29, 1.82) is 0 Å². The fraction of sp³-hybridized carbons (Fsp3) is 0. The first-order chi connectivity index (χ1) is 24.8. The van der Waals surface area contributed by atoms with Crippen LogP contribution in [-0.2, 0) is 0 Å². The highest BCUT2D eigenvalue weighted by Crippen LogP contribution is 2.44. The van der Waals surface area contributed by atoms with Crippen LogP contribution in [0.5, 0.6) is 0 Å². The monoisotopic (exact) mass is 636 g/mol. The van der Waals surface area contributed by atoms with Crippen LogP contribution < -0.4 is 0 Å². The highest BCUT2D eigenvalue weighted by molar-refractivity contribution is 6.29. The fourth-order valence-corrected chi connectivity index (χ4v) is 7.85. The Balaban J connectivity index is 1.35. The molecule has 0 unspecified atom stereocenters. The summed E-state index contributed by atoms with van der Waals surface area (Å²) in [6, 6.07) is 70.4. The molecule has 2 heterocycles. The van der Waals surface area contributed by atoms with E-state index in [1.54, 1.807) is 0 Å². The topological polar surface area (TPSA) is 9.86 Å². The molecule has 0 atom stereocenters. The predicted octanol–water partition coefficient (Wildman–Crippen LogP) is 12.9. The number of nitrogens with zero attached hydrogens (tertiary/aromatic N) is 2. The van der Waals surface area contributed by atoms with Crippen molar-refractivity contribution < 1.29 is 0 Å². The predicted molar refractivity (Wildman–Crippen MR) is 211 cm³/mol. The summed E-state index contributed by atoms with van der Waals surface area (Å²) in [4.78, 5) is 0. The molecule has 10 rings (SSSR count). The van der Waals surface area contributed by atoms with Crippen molar-refractivity contribution in [2.24, 2.45) is 0 Å². The van der Waals surface area contributed by atoms with Crippen LogP contribution in [0.1, 0.15) is 0 Å². The zero-order chi connectivity index (χ0) is 33.0. The van der Waals surface area contributed by atoms with Gasteiger partial charge in [0.25, 0.3) is 0 Å². The molecule has 0 spiro atoms. The lowest BCUT2D eigenvalue weighted by Gasteiger charge is -2.14. The molecular weight excluding hydrogens is 605 g/mol. The maximum Gasteiger partial charge on any atom is 0.0548 e. The summed E-state index contributed by atoms with van der Waals surface area (Å²) in [5.74, 6) is 0. The van der Waals surface area contributed by atoms with Crippen LogP contribution in [0, 0.1) is 0 Å². The average Bonchev–Trinajstić information content (AvgIpc) is 3.71. The lowest BCUT2D eigenvalue weighted by atomic mass is 9.98. The molecule has 0 saturated heterocycles. The van der Waals surface area contributed by atoms with Gasteiger partial charge in [-0.1, -0.05) is 133 Å². The Labute approximate surface area is 290 Å². The van der Waals surface area contributed by atoms with E-state index in [9.17, 15) is 0 Å². The number of rotatable bonds is 5. The third kappa shape index (κ3) is 4.50. The van der Waals surface area contributed by atoms with E-state index in [0.29, 0.717) is 0 Å². The molecule has 0 aliphatic heterocycles. The summed E-state index contributed by atoms with van der Waals surface area (Å²) in [7, 11) is 0. The first kappa shape index (κ1) is 28.4. The van der Waals surface area contributed by atoms with E-state index in [2.05, 4.69) is 203 Å². The molecule has 0 N–H and O–H groups in total. The van der Waals surface area contributed by atoms with Crippen LogP contribution >= 0.6 is 0 Å². The van der Waals surface area contributed by atoms with E-state index in [0.717, 1.165) is 11.4 Å². The zero-order valence-corrected chi connectivity index (χ0v) is 27.4. The van der Waals surface area contributed by atoms with Crippen molar-refractivity contribution in [2.75, 3.05) is 0 Å². The quantitative estimate of drug-likeness (QED) is 0.178. The maximum absolute atomic E-state index is 2.48. The first-order valence-corrected chi connectivity index (χ1v) is 17.2. The van der Waals surface area contributed by atoms with Gasteiger partial charge in [-0.05, 0) is 94.0 Å². The largest absolute Gasteiger partial charge is 0.309 e. The molecule has 0 aliphatic carbocycles. The lowest BCUT2D eigenvalue weighted by molar-refractivity contribution is 1.17. The number of para-hydroxylation sites is 2. The Bertz CT molecular complexity index is 2770. The summed E-state index contributed by atoms with van der Waals surface area (Å²) in [5, 5.41) is 5.05. The minimum Gasteiger partial charge on any atom is -0.309 e. The van der Waals surface area contributed by atoms with Gasteiger partial charge in [-0.25, -0.2) is 0 Å². The Hall–Kier alpha value is -6.64. The Morgan fingerprint density at radius 1 is 0.240 bits per heavy atom. The van der Waals surface area contributed by atoms with Crippen LogP contribution in [-0.4, -0.2) is 9.13 Å². The standard InChI is InChI=1S/C48H32N2/c1-5-15-33(16-6-1)36-25-26-44-42(32-36)48-46(28-27-45-47(48)41-23-13-14-24-43(41)49(45)39-21-11-4-12-22-39)50(44)40-30-37(34-17-7-2-8-18-34)29-38(31-40)35-19-9-3-10-20-35/h1-32H. The highest BCUT2D eigenvalue weighted by Gasteiger charge is 2.21. The van der Waals surface area contributed by atoms with Crippen molar-refractivity contribution >= 4 is 43.6 Å². The van der Waals surface area contributed by atoms with Gasteiger partial charge in [-0.2, -0.15) is 0 Å². The van der Waals surface area contributed by atoms with E-state index in [-0.39, 0.29) is 0 Å². The van der Waals surface area contributed by atoms with Gasteiger partial charge < -0.3 is 9.13 Å². The Kier molecular flexibility index (Phi) is 6.53. The Morgan fingerprint density at radius 2 is 0.680 bits per heavy atom. The normalized spacial score (nSPS) is 11.6. The molecule has 2 heteroatoms. The Morgan fingerprint density at radius 3 is 1.28 bits per heavy atom. The third-order valence-electron chi connectivity index (χ3n) is 10.1. The molecule has 10 aromatic rings. The third-order valence-corrected chi connectivity index (χ3v) is 10.1. The smallest absolute Gasteiger partial charge is 0.0548 e.